The predicted octanol–water partition coefficient (Wildman–Crippen LogP) is 2.92. The lowest BCUT2D eigenvalue weighted by atomic mass is 10.1. The highest BCUT2D eigenvalue weighted by molar-refractivity contribution is 6.04. The number of amides is 1. The lowest BCUT2D eigenvalue weighted by Crippen LogP contribution is -2.32. The monoisotopic (exact) mass is 407 g/mol. The van der Waals surface area contributed by atoms with Gasteiger partial charge < -0.3 is 25.2 Å². The normalized spacial score (nSPS) is 14.4. The van der Waals surface area contributed by atoms with Gasteiger partial charge >= 0.3 is 0 Å². The van der Waals surface area contributed by atoms with Crippen LogP contribution in [0.3, 0.4) is 0 Å². The average Bonchev–Trinajstić information content (AvgIpc) is 3.28. The van der Waals surface area contributed by atoms with Gasteiger partial charge in [0.2, 0.25) is 5.91 Å². The first-order valence-electron chi connectivity index (χ1n) is 9.93. The first kappa shape index (κ1) is 19.9. The van der Waals surface area contributed by atoms with E-state index in [1.54, 1.807) is 12.4 Å². The van der Waals surface area contributed by atoms with Gasteiger partial charge in [0.15, 0.2) is 5.58 Å². The van der Waals surface area contributed by atoms with Crippen LogP contribution in [0.15, 0.2) is 46.2 Å². The van der Waals surface area contributed by atoms with E-state index in [1.165, 1.54) is 0 Å². The third-order valence-electron chi connectivity index (χ3n) is 5.21. The van der Waals surface area contributed by atoms with E-state index in [1.807, 2.05) is 37.2 Å². The lowest BCUT2D eigenvalue weighted by molar-refractivity contribution is -0.120. The van der Waals surface area contributed by atoms with E-state index in [-0.39, 0.29) is 12.3 Å². The number of aromatic nitrogens is 1. The molecule has 1 aromatic carbocycles. The minimum Gasteiger partial charge on any atom is -0.457 e. The lowest BCUT2D eigenvalue weighted by Gasteiger charge is -2.11. The number of carbonyl (C=O) groups is 1. The van der Waals surface area contributed by atoms with Gasteiger partial charge in [-0.25, -0.2) is 0 Å². The number of benzene rings is 1. The highest BCUT2D eigenvalue weighted by Gasteiger charge is 2.21. The number of nitrogens with zero attached hydrogens (tertiary/aromatic N) is 3. The molecule has 0 aliphatic heterocycles. The molecule has 30 heavy (non-hydrogen) atoms. The van der Waals surface area contributed by atoms with Crippen molar-refractivity contribution in [1.82, 2.24) is 15.2 Å². The van der Waals surface area contributed by atoms with Crippen LogP contribution in [0.2, 0.25) is 0 Å². The highest BCUT2D eigenvalue weighted by atomic mass is 16.4. The Morgan fingerprint density at radius 3 is 2.97 bits per heavy atom. The molecule has 4 rings (SSSR count). The quantitative estimate of drug-likeness (QED) is 0.411. The van der Waals surface area contributed by atoms with Crippen molar-refractivity contribution in [2.75, 3.05) is 32.5 Å². The number of furan rings is 1. The zero-order chi connectivity index (χ0) is 21.1. The van der Waals surface area contributed by atoms with Crippen LogP contribution >= 0.6 is 0 Å². The molecule has 0 radical (unpaired) electrons. The Kier molecular flexibility index (Phi) is 5.67. The Hall–Kier alpha value is -3.39. The molecule has 1 aliphatic rings. The number of oxime groups is 1. The Labute approximate surface area is 174 Å². The fraction of sp³-hybridized carbons (Fsp3) is 0.318. The van der Waals surface area contributed by atoms with E-state index >= 15 is 0 Å². The molecule has 2 aromatic heterocycles. The molecule has 3 N–H and O–H groups in total. The fourth-order valence-electron chi connectivity index (χ4n) is 3.69. The van der Waals surface area contributed by atoms with Crippen molar-refractivity contribution in [1.29, 1.82) is 0 Å². The molecule has 156 valence electrons. The summed E-state index contributed by atoms with van der Waals surface area (Å²) in [5.74, 6) is 0.475. The van der Waals surface area contributed by atoms with Gasteiger partial charge in [-0.3, -0.25) is 9.78 Å². The number of fused-ring (bicyclic) bond motifs is 2. The van der Waals surface area contributed by atoms with Gasteiger partial charge in [0, 0.05) is 35.9 Å². The van der Waals surface area contributed by atoms with E-state index in [0.29, 0.717) is 23.6 Å². The Morgan fingerprint density at radius 2 is 2.17 bits per heavy atom. The third kappa shape index (κ3) is 4.13. The zero-order valence-electron chi connectivity index (χ0n) is 17.1. The van der Waals surface area contributed by atoms with Crippen LogP contribution in [0.1, 0.15) is 23.3 Å². The van der Waals surface area contributed by atoms with Gasteiger partial charge in [-0.1, -0.05) is 11.2 Å². The predicted molar refractivity (Wildman–Crippen MR) is 116 cm³/mol. The average molecular weight is 407 g/mol. The van der Waals surface area contributed by atoms with Gasteiger partial charge in [-0.15, -0.1) is 0 Å². The maximum absolute atomic E-state index is 12.4. The highest BCUT2D eigenvalue weighted by Crippen LogP contribution is 2.34. The van der Waals surface area contributed by atoms with Crippen molar-refractivity contribution in [3.63, 3.8) is 0 Å². The Balaban J connectivity index is 1.59. The van der Waals surface area contributed by atoms with Gasteiger partial charge in [-0.05, 0) is 50.7 Å². The van der Waals surface area contributed by atoms with Crippen LogP contribution < -0.4 is 10.6 Å². The largest absolute Gasteiger partial charge is 0.457 e. The summed E-state index contributed by atoms with van der Waals surface area (Å²) in [7, 11) is 3.93. The van der Waals surface area contributed by atoms with Crippen molar-refractivity contribution in [2.45, 2.75) is 19.3 Å². The number of likely N-dealkylation sites (N-methyl/N-ethyl adjacent to an activating group) is 1. The summed E-state index contributed by atoms with van der Waals surface area (Å²) >= 11 is 0. The van der Waals surface area contributed by atoms with Crippen LogP contribution in [0, 0.1) is 0 Å². The van der Waals surface area contributed by atoms with Crippen molar-refractivity contribution < 1.29 is 14.4 Å². The Morgan fingerprint density at radius 1 is 1.30 bits per heavy atom. The standard InChI is InChI=1S/C22H25N5O3/c1-27(2)10-9-24-21(28)12-19-22(17-7-8-23-13-20(17)30-19)25-15-4-5-16-14(11-15)3-6-18(16)26-29/h4-5,7-8,11,13,25,29H,3,6,9-10,12H2,1-2H3,(H,24,28). The molecule has 8 nitrogen and oxygen atoms in total. The maximum Gasteiger partial charge on any atom is 0.227 e. The van der Waals surface area contributed by atoms with Crippen molar-refractivity contribution in [2.24, 2.45) is 5.16 Å². The summed E-state index contributed by atoms with van der Waals surface area (Å²) in [6.07, 6.45) is 5.06. The number of anilines is 2. The smallest absolute Gasteiger partial charge is 0.227 e. The molecule has 0 fully saturated rings. The topological polar surface area (TPSA) is 103 Å². The summed E-state index contributed by atoms with van der Waals surface area (Å²) in [5.41, 5.74) is 5.11. The minimum absolute atomic E-state index is 0.0929. The van der Waals surface area contributed by atoms with E-state index < -0.39 is 0 Å². The first-order chi connectivity index (χ1) is 14.5. The van der Waals surface area contributed by atoms with Gasteiger partial charge in [0.1, 0.15) is 5.76 Å². The van der Waals surface area contributed by atoms with Crippen LogP contribution in [0.4, 0.5) is 11.4 Å². The van der Waals surface area contributed by atoms with Gasteiger partial charge in [0.05, 0.1) is 24.0 Å². The third-order valence-corrected chi connectivity index (χ3v) is 5.21. The second-order valence-corrected chi connectivity index (χ2v) is 7.65. The van der Waals surface area contributed by atoms with Crippen molar-refractivity contribution in [3.05, 3.63) is 53.5 Å². The molecule has 1 amide bonds. The number of pyridine rings is 1. The number of carbonyl (C=O) groups excluding carboxylic acids is 1. The molecular weight excluding hydrogens is 382 g/mol. The molecule has 0 spiro atoms. The molecular formula is C22H25N5O3. The molecule has 0 saturated carbocycles. The molecule has 1 aliphatic carbocycles. The number of hydrogen-bond acceptors (Lipinski definition) is 7. The van der Waals surface area contributed by atoms with E-state index in [4.69, 9.17) is 9.62 Å². The second-order valence-electron chi connectivity index (χ2n) is 7.65. The molecule has 8 heteroatoms. The second kappa shape index (κ2) is 8.54. The maximum atomic E-state index is 12.4. The fourth-order valence-corrected chi connectivity index (χ4v) is 3.69. The van der Waals surface area contributed by atoms with E-state index in [0.717, 1.165) is 47.3 Å². The number of aryl methyl sites for hydroxylation is 1. The summed E-state index contributed by atoms with van der Waals surface area (Å²) < 4.78 is 5.95. The summed E-state index contributed by atoms with van der Waals surface area (Å²) in [4.78, 5) is 18.6. The van der Waals surface area contributed by atoms with Crippen LogP contribution in [0.25, 0.3) is 11.0 Å². The molecule has 2 heterocycles. The molecule has 0 saturated heterocycles. The van der Waals surface area contributed by atoms with E-state index in [2.05, 4.69) is 26.8 Å². The summed E-state index contributed by atoms with van der Waals surface area (Å²) in [6, 6.07) is 7.82. The van der Waals surface area contributed by atoms with Gasteiger partial charge in [0.25, 0.3) is 0 Å². The van der Waals surface area contributed by atoms with Crippen LogP contribution in [-0.2, 0) is 17.6 Å². The van der Waals surface area contributed by atoms with Crippen molar-refractivity contribution in [3.8, 4) is 0 Å². The van der Waals surface area contributed by atoms with Crippen LogP contribution in [-0.4, -0.2) is 53.9 Å². The summed E-state index contributed by atoms with van der Waals surface area (Å²) in [5, 5.41) is 19.7. The minimum atomic E-state index is -0.0929. The summed E-state index contributed by atoms with van der Waals surface area (Å²) in [6.45, 7) is 1.35. The van der Waals surface area contributed by atoms with Gasteiger partial charge in [-0.2, -0.15) is 0 Å². The molecule has 0 bridgehead atoms. The SMILES string of the molecule is CN(C)CCNC(=O)Cc1oc2cnccc2c1Nc1ccc2c(c1)CCC2=NO. The molecule has 3 aromatic rings. The zero-order valence-corrected chi connectivity index (χ0v) is 17.1. The number of nitrogens with one attached hydrogen (secondary N) is 2. The Bertz CT molecular complexity index is 1100. The van der Waals surface area contributed by atoms with E-state index in [9.17, 15) is 4.79 Å². The number of rotatable bonds is 7. The number of hydrogen-bond donors (Lipinski definition) is 3. The first-order valence-corrected chi connectivity index (χ1v) is 9.93. The molecule has 0 unspecified atom stereocenters. The molecule has 0 atom stereocenters. The van der Waals surface area contributed by atoms with Crippen molar-refractivity contribution >= 4 is 34.0 Å². The van der Waals surface area contributed by atoms with Crippen LogP contribution in [0.5, 0.6) is 0 Å².